The number of rotatable bonds is 6. The number of Topliss-reactive ketones (excluding diaryl/α,β-unsaturated/α-hetero) is 1. The van der Waals surface area contributed by atoms with Crippen molar-refractivity contribution in [2.24, 2.45) is 0 Å². The van der Waals surface area contributed by atoms with E-state index in [4.69, 9.17) is 0 Å². The van der Waals surface area contributed by atoms with Gasteiger partial charge in [0.15, 0.2) is 16.5 Å². The molecule has 0 aliphatic carbocycles. The van der Waals surface area contributed by atoms with Gasteiger partial charge in [-0.15, -0.1) is 11.3 Å². The zero-order valence-corrected chi connectivity index (χ0v) is 15.3. The second-order valence-electron chi connectivity index (χ2n) is 5.74. The zero-order chi connectivity index (χ0) is 19.6. The molecule has 0 aliphatic heterocycles. The summed E-state index contributed by atoms with van der Waals surface area (Å²) in [6, 6.07) is 5.73. The van der Waals surface area contributed by atoms with Gasteiger partial charge in [-0.25, -0.2) is 4.98 Å². The Morgan fingerprint density at radius 2 is 2.15 bits per heavy atom. The summed E-state index contributed by atoms with van der Waals surface area (Å²) in [5.74, 6) is -0.534. The number of nitro groups is 1. The number of nitrogens with one attached hydrogen (secondary N) is 1. The van der Waals surface area contributed by atoms with Crippen molar-refractivity contribution in [3.05, 3.63) is 57.7 Å². The van der Waals surface area contributed by atoms with Crippen LogP contribution < -0.4 is 5.32 Å². The maximum atomic E-state index is 12.5. The minimum absolute atomic E-state index is 0.116. The van der Waals surface area contributed by atoms with Crippen LogP contribution in [0.3, 0.4) is 0 Å². The minimum atomic E-state index is -0.807. The lowest BCUT2D eigenvalue weighted by molar-refractivity contribution is -0.384. The fourth-order valence-electron chi connectivity index (χ4n) is 2.39. The Balaban J connectivity index is 1.85. The minimum Gasteiger partial charge on any atom is -0.324 e. The normalized spacial score (nSPS) is 11.8. The Labute approximate surface area is 157 Å². The van der Waals surface area contributed by atoms with E-state index in [1.165, 1.54) is 35.3 Å². The van der Waals surface area contributed by atoms with Gasteiger partial charge >= 0.3 is 5.69 Å². The highest BCUT2D eigenvalue weighted by Crippen LogP contribution is 2.30. The number of benzene rings is 1. The van der Waals surface area contributed by atoms with E-state index in [0.717, 1.165) is 0 Å². The predicted octanol–water partition coefficient (Wildman–Crippen LogP) is 3.32. The van der Waals surface area contributed by atoms with Crippen LogP contribution >= 0.6 is 11.3 Å². The number of nitrogens with zero attached hydrogens (tertiary/aromatic N) is 4. The van der Waals surface area contributed by atoms with Crippen LogP contribution in [-0.4, -0.2) is 31.4 Å². The molecule has 0 saturated carbocycles. The number of hydrogen-bond donors (Lipinski definition) is 1. The summed E-state index contributed by atoms with van der Waals surface area (Å²) >= 11 is 1.22. The average Bonchev–Trinajstić information content (AvgIpc) is 3.30. The highest BCUT2D eigenvalue weighted by Gasteiger charge is 2.26. The van der Waals surface area contributed by atoms with E-state index in [-0.39, 0.29) is 17.2 Å². The van der Waals surface area contributed by atoms with E-state index in [2.05, 4.69) is 15.4 Å². The van der Waals surface area contributed by atoms with E-state index in [1.54, 1.807) is 36.6 Å². The highest BCUT2D eigenvalue weighted by atomic mass is 32.1. The fraction of sp³-hybridized carbons (Fsp3) is 0.176. The van der Waals surface area contributed by atoms with Crippen molar-refractivity contribution < 1.29 is 14.5 Å². The number of anilines is 1. The Bertz CT molecular complexity index is 1010. The first-order valence-electron chi connectivity index (χ1n) is 7.92. The molecule has 2 aromatic heterocycles. The molecule has 9 nitrogen and oxygen atoms in total. The van der Waals surface area contributed by atoms with E-state index < -0.39 is 16.9 Å². The predicted molar refractivity (Wildman–Crippen MR) is 99.8 cm³/mol. The third-order valence-corrected chi connectivity index (χ3v) is 4.64. The molecule has 0 aliphatic rings. The van der Waals surface area contributed by atoms with E-state index in [9.17, 15) is 19.7 Å². The smallest absolute Gasteiger partial charge is 0.317 e. The fourth-order valence-corrected chi connectivity index (χ4v) is 3.02. The summed E-state index contributed by atoms with van der Waals surface area (Å²) in [5.41, 5.74) is 0.832. The van der Waals surface area contributed by atoms with E-state index in [0.29, 0.717) is 16.3 Å². The number of thiazole rings is 1. The van der Waals surface area contributed by atoms with Gasteiger partial charge in [0.25, 0.3) is 0 Å². The van der Waals surface area contributed by atoms with Crippen LogP contribution in [-0.2, 0) is 4.79 Å². The van der Waals surface area contributed by atoms with Crippen molar-refractivity contribution in [2.45, 2.75) is 19.9 Å². The van der Waals surface area contributed by atoms with Crippen LogP contribution in [0.1, 0.15) is 30.2 Å². The first-order chi connectivity index (χ1) is 12.9. The van der Waals surface area contributed by atoms with E-state index >= 15 is 0 Å². The number of aromatic nitrogens is 3. The number of carbonyl (C=O) groups is 2. The van der Waals surface area contributed by atoms with E-state index in [1.807, 2.05) is 0 Å². The van der Waals surface area contributed by atoms with Crippen LogP contribution in [0.2, 0.25) is 0 Å². The van der Waals surface area contributed by atoms with Gasteiger partial charge in [-0.2, -0.15) is 5.10 Å². The largest absolute Gasteiger partial charge is 0.324 e. The van der Waals surface area contributed by atoms with Crippen molar-refractivity contribution in [1.29, 1.82) is 0 Å². The van der Waals surface area contributed by atoms with Crippen molar-refractivity contribution in [3.63, 3.8) is 0 Å². The summed E-state index contributed by atoms with van der Waals surface area (Å²) in [4.78, 5) is 38.8. The molecule has 3 rings (SSSR count). The molecule has 0 saturated heterocycles. The first-order valence-corrected chi connectivity index (χ1v) is 8.80. The van der Waals surface area contributed by atoms with Crippen molar-refractivity contribution in [2.75, 3.05) is 5.32 Å². The Kier molecular flexibility index (Phi) is 5.08. The lowest BCUT2D eigenvalue weighted by atomic mass is 10.1. The average molecular weight is 385 g/mol. The van der Waals surface area contributed by atoms with Crippen molar-refractivity contribution in [1.82, 2.24) is 14.8 Å². The monoisotopic (exact) mass is 385 g/mol. The number of carbonyl (C=O) groups excluding carboxylic acids is 2. The van der Waals surface area contributed by atoms with Gasteiger partial charge in [0.1, 0.15) is 12.2 Å². The lowest BCUT2D eigenvalue weighted by Crippen LogP contribution is -2.24. The molecule has 3 aromatic rings. The third-order valence-electron chi connectivity index (χ3n) is 3.86. The molecular formula is C17H15N5O4S. The van der Waals surface area contributed by atoms with Gasteiger partial charge in [0, 0.05) is 22.8 Å². The zero-order valence-electron chi connectivity index (χ0n) is 14.4. The maximum absolute atomic E-state index is 12.5. The number of ketones is 1. The molecule has 1 atom stereocenters. The Morgan fingerprint density at radius 1 is 1.37 bits per heavy atom. The molecule has 1 amide bonds. The second-order valence-corrected chi connectivity index (χ2v) is 6.63. The van der Waals surface area contributed by atoms with Crippen molar-refractivity contribution >= 4 is 34.4 Å². The van der Waals surface area contributed by atoms with Gasteiger partial charge in [0.2, 0.25) is 5.91 Å². The van der Waals surface area contributed by atoms with Gasteiger partial charge in [-0.05, 0) is 26.0 Å². The van der Waals surface area contributed by atoms with Crippen LogP contribution in [0.15, 0.2) is 42.0 Å². The SMILES string of the molecule is CC(=O)c1cccc(NC(=O)[C@@H](C)n2cc([N+](=O)[O-])c(-c3nccs3)n2)c1. The van der Waals surface area contributed by atoms with Gasteiger partial charge in [-0.3, -0.25) is 24.4 Å². The van der Waals surface area contributed by atoms with Crippen LogP contribution in [0, 0.1) is 10.1 Å². The topological polar surface area (TPSA) is 120 Å². The van der Waals surface area contributed by atoms with Crippen LogP contribution in [0.5, 0.6) is 0 Å². The molecule has 2 heterocycles. The molecule has 0 spiro atoms. The lowest BCUT2D eigenvalue weighted by Gasteiger charge is -2.12. The first kappa shape index (κ1) is 18.4. The standard InChI is InChI=1S/C17H15N5O4S/c1-10(16(24)19-13-5-3-4-12(8-13)11(2)23)21-9-14(22(25)26)15(20-21)17-18-6-7-27-17/h3-10H,1-2H3,(H,19,24)/t10-/m1/s1. The van der Waals surface area contributed by atoms with Crippen LogP contribution in [0.25, 0.3) is 10.7 Å². The van der Waals surface area contributed by atoms with Crippen LogP contribution in [0.4, 0.5) is 11.4 Å². The molecule has 138 valence electrons. The molecule has 0 unspecified atom stereocenters. The van der Waals surface area contributed by atoms with Gasteiger partial charge < -0.3 is 5.32 Å². The molecule has 10 heteroatoms. The molecule has 27 heavy (non-hydrogen) atoms. The Morgan fingerprint density at radius 3 is 2.78 bits per heavy atom. The summed E-state index contributed by atoms with van der Waals surface area (Å²) < 4.78 is 1.24. The maximum Gasteiger partial charge on any atom is 0.317 e. The summed E-state index contributed by atoms with van der Waals surface area (Å²) in [5, 5.41) is 20.3. The van der Waals surface area contributed by atoms with Crippen molar-refractivity contribution in [3.8, 4) is 10.7 Å². The van der Waals surface area contributed by atoms with Gasteiger partial charge in [0.05, 0.1) is 4.92 Å². The quantitative estimate of drug-likeness (QED) is 0.395. The molecule has 0 bridgehead atoms. The molecule has 0 radical (unpaired) electrons. The summed E-state index contributed by atoms with van der Waals surface area (Å²) in [6.45, 7) is 3.01. The molecule has 1 aromatic carbocycles. The number of hydrogen-bond acceptors (Lipinski definition) is 7. The second kappa shape index (κ2) is 7.46. The molecular weight excluding hydrogens is 370 g/mol. The number of amides is 1. The summed E-state index contributed by atoms with van der Waals surface area (Å²) in [7, 11) is 0. The van der Waals surface area contributed by atoms with Gasteiger partial charge in [-0.1, -0.05) is 12.1 Å². The third kappa shape index (κ3) is 3.90. The molecule has 1 N–H and O–H groups in total. The Hall–Kier alpha value is -3.40. The summed E-state index contributed by atoms with van der Waals surface area (Å²) in [6.07, 6.45) is 2.74. The molecule has 0 fully saturated rings. The highest BCUT2D eigenvalue weighted by molar-refractivity contribution is 7.13.